The van der Waals surface area contributed by atoms with Gasteiger partial charge in [-0.1, -0.05) is 18.6 Å². The lowest BCUT2D eigenvalue weighted by Gasteiger charge is -2.49. The van der Waals surface area contributed by atoms with Gasteiger partial charge in [0.2, 0.25) is 0 Å². The molecule has 0 aromatic carbocycles. The number of morpholine rings is 1. The molecule has 0 spiro atoms. The first-order valence-corrected chi connectivity index (χ1v) is 9.90. The second-order valence-electron chi connectivity index (χ2n) is 8.12. The summed E-state index contributed by atoms with van der Waals surface area (Å²) in [5.74, 6) is 0.718. The van der Waals surface area contributed by atoms with Crippen LogP contribution in [-0.2, 0) is 4.74 Å². The molecule has 0 saturated carbocycles. The van der Waals surface area contributed by atoms with Gasteiger partial charge in [-0.25, -0.2) is 0 Å². The van der Waals surface area contributed by atoms with Gasteiger partial charge in [-0.3, -0.25) is 9.80 Å². The van der Waals surface area contributed by atoms with E-state index >= 15 is 0 Å². The van der Waals surface area contributed by atoms with Crippen LogP contribution in [0.3, 0.4) is 0 Å². The van der Waals surface area contributed by atoms with Crippen LogP contribution in [0.4, 0.5) is 0 Å². The van der Waals surface area contributed by atoms with Gasteiger partial charge in [0.05, 0.1) is 13.2 Å². The molecule has 3 heterocycles. The Labute approximate surface area is 147 Å². The van der Waals surface area contributed by atoms with E-state index in [4.69, 9.17) is 4.74 Å². The Morgan fingerprint density at radius 3 is 2.58 bits per heavy atom. The molecule has 0 aromatic rings. The molecule has 4 aliphatic rings. The van der Waals surface area contributed by atoms with E-state index in [1.807, 2.05) is 0 Å². The van der Waals surface area contributed by atoms with Gasteiger partial charge in [0.25, 0.3) is 0 Å². The largest absolute Gasteiger partial charge is 0.379 e. The van der Waals surface area contributed by atoms with Gasteiger partial charge in [0.1, 0.15) is 0 Å². The standard InChI is InChI=1S/C20H33N3O/c1-16-3-4-18(13-17(16)2)23-8-7-21-6-5-19(14-20(21)15-23)22-9-11-24-12-10-22/h4,13,16,19-20H,3,5-12,14-15H2,1-2H3. The van der Waals surface area contributed by atoms with E-state index in [2.05, 4.69) is 40.7 Å². The highest BCUT2D eigenvalue weighted by Crippen LogP contribution is 2.30. The molecule has 3 aliphatic heterocycles. The lowest BCUT2D eigenvalue weighted by atomic mass is 9.91. The van der Waals surface area contributed by atoms with Gasteiger partial charge in [0, 0.05) is 57.0 Å². The number of fused-ring (bicyclic) bond motifs is 1. The van der Waals surface area contributed by atoms with Crippen LogP contribution in [0.2, 0.25) is 0 Å². The molecular weight excluding hydrogens is 298 g/mol. The number of hydrogen-bond donors (Lipinski definition) is 0. The Morgan fingerprint density at radius 1 is 1.00 bits per heavy atom. The smallest absolute Gasteiger partial charge is 0.0594 e. The van der Waals surface area contributed by atoms with Crippen molar-refractivity contribution >= 4 is 0 Å². The molecule has 3 saturated heterocycles. The summed E-state index contributed by atoms with van der Waals surface area (Å²) in [6, 6.07) is 1.50. The third-order valence-corrected chi connectivity index (χ3v) is 6.66. The predicted molar refractivity (Wildman–Crippen MR) is 98.0 cm³/mol. The minimum Gasteiger partial charge on any atom is -0.379 e. The Morgan fingerprint density at radius 2 is 1.79 bits per heavy atom. The molecule has 0 N–H and O–H groups in total. The maximum atomic E-state index is 5.54. The van der Waals surface area contributed by atoms with Gasteiger partial charge in [0.15, 0.2) is 0 Å². The van der Waals surface area contributed by atoms with Crippen LogP contribution in [0.15, 0.2) is 23.4 Å². The van der Waals surface area contributed by atoms with Crippen molar-refractivity contribution in [2.45, 2.75) is 45.2 Å². The summed E-state index contributed by atoms with van der Waals surface area (Å²) in [7, 11) is 0. The van der Waals surface area contributed by atoms with Gasteiger partial charge in [-0.15, -0.1) is 0 Å². The minimum absolute atomic E-state index is 0.718. The number of piperidine rings is 1. The highest BCUT2D eigenvalue weighted by Gasteiger charge is 2.36. The zero-order chi connectivity index (χ0) is 16.5. The second-order valence-corrected chi connectivity index (χ2v) is 8.12. The third-order valence-electron chi connectivity index (χ3n) is 6.66. The van der Waals surface area contributed by atoms with Crippen molar-refractivity contribution in [1.29, 1.82) is 0 Å². The summed E-state index contributed by atoms with van der Waals surface area (Å²) in [5.41, 5.74) is 3.03. The predicted octanol–water partition coefficient (Wildman–Crippen LogP) is 2.34. The number of piperazine rings is 1. The van der Waals surface area contributed by atoms with Crippen LogP contribution in [0.5, 0.6) is 0 Å². The number of rotatable bonds is 2. The van der Waals surface area contributed by atoms with Crippen molar-refractivity contribution in [2.24, 2.45) is 5.92 Å². The Balaban J connectivity index is 1.39. The van der Waals surface area contributed by atoms with E-state index in [0.29, 0.717) is 0 Å². The van der Waals surface area contributed by atoms with Crippen molar-refractivity contribution < 1.29 is 4.74 Å². The fraction of sp³-hybridized carbons (Fsp3) is 0.800. The number of nitrogens with zero attached hydrogens (tertiary/aromatic N) is 3. The highest BCUT2D eigenvalue weighted by molar-refractivity contribution is 5.28. The summed E-state index contributed by atoms with van der Waals surface area (Å²) in [6.45, 7) is 13.7. The first kappa shape index (κ1) is 16.6. The third kappa shape index (κ3) is 3.42. The van der Waals surface area contributed by atoms with Crippen LogP contribution < -0.4 is 0 Å². The Hall–Kier alpha value is -0.840. The minimum atomic E-state index is 0.718. The van der Waals surface area contributed by atoms with E-state index in [1.165, 1.54) is 51.1 Å². The van der Waals surface area contributed by atoms with E-state index in [1.54, 1.807) is 5.57 Å². The molecule has 3 unspecified atom stereocenters. The number of hydrogen-bond acceptors (Lipinski definition) is 4. The molecule has 0 amide bonds. The van der Waals surface area contributed by atoms with Crippen LogP contribution in [0, 0.1) is 5.92 Å². The molecule has 0 aromatic heterocycles. The maximum Gasteiger partial charge on any atom is 0.0594 e. The molecule has 3 atom stereocenters. The van der Waals surface area contributed by atoms with Crippen LogP contribution in [0.25, 0.3) is 0 Å². The quantitative estimate of drug-likeness (QED) is 0.773. The average molecular weight is 332 g/mol. The fourth-order valence-corrected chi connectivity index (χ4v) is 4.80. The summed E-state index contributed by atoms with van der Waals surface area (Å²) in [6.07, 6.45) is 8.79. The molecule has 24 heavy (non-hydrogen) atoms. The molecule has 0 radical (unpaired) electrons. The summed E-state index contributed by atoms with van der Waals surface area (Å²) < 4.78 is 5.54. The summed E-state index contributed by atoms with van der Waals surface area (Å²) >= 11 is 0. The van der Waals surface area contributed by atoms with Crippen molar-refractivity contribution in [3.05, 3.63) is 23.4 Å². The topological polar surface area (TPSA) is 19.0 Å². The average Bonchev–Trinajstić information content (AvgIpc) is 2.64. The molecule has 3 fully saturated rings. The maximum absolute atomic E-state index is 5.54. The molecular formula is C20H33N3O. The Kier molecular flexibility index (Phi) is 4.98. The molecule has 4 rings (SSSR count). The second kappa shape index (κ2) is 7.19. The van der Waals surface area contributed by atoms with Gasteiger partial charge < -0.3 is 9.64 Å². The molecule has 4 heteroatoms. The molecule has 1 aliphatic carbocycles. The first-order valence-electron chi connectivity index (χ1n) is 9.90. The summed E-state index contributed by atoms with van der Waals surface area (Å²) in [4.78, 5) is 8.08. The van der Waals surface area contributed by atoms with Crippen LogP contribution in [0.1, 0.15) is 33.1 Å². The lowest BCUT2D eigenvalue weighted by Crippen LogP contribution is -2.59. The van der Waals surface area contributed by atoms with Crippen molar-refractivity contribution in [2.75, 3.05) is 52.5 Å². The fourth-order valence-electron chi connectivity index (χ4n) is 4.80. The van der Waals surface area contributed by atoms with E-state index in [9.17, 15) is 0 Å². The zero-order valence-corrected chi connectivity index (χ0v) is 15.4. The van der Waals surface area contributed by atoms with E-state index in [0.717, 1.165) is 44.3 Å². The van der Waals surface area contributed by atoms with Gasteiger partial charge in [-0.05, 0) is 38.2 Å². The zero-order valence-electron chi connectivity index (χ0n) is 15.4. The SMILES string of the molecule is CC1=CC(N2CCN3CCC(N4CCOCC4)CC3C2)=CCC1C. The van der Waals surface area contributed by atoms with Crippen molar-refractivity contribution in [3.8, 4) is 0 Å². The van der Waals surface area contributed by atoms with Crippen LogP contribution in [-0.4, -0.2) is 79.3 Å². The Bertz CT molecular complexity index is 509. The van der Waals surface area contributed by atoms with Gasteiger partial charge in [-0.2, -0.15) is 0 Å². The number of allylic oxidation sites excluding steroid dienone is 3. The first-order chi connectivity index (χ1) is 11.7. The lowest BCUT2D eigenvalue weighted by molar-refractivity contribution is -0.0228. The van der Waals surface area contributed by atoms with Gasteiger partial charge >= 0.3 is 0 Å². The van der Waals surface area contributed by atoms with E-state index in [-0.39, 0.29) is 0 Å². The van der Waals surface area contributed by atoms with Crippen LogP contribution >= 0.6 is 0 Å². The molecule has 134 valence electrons. The van der Waals surface area contributed by atoms with Crippen molar-refractivity contribution in [3.63, 3.8) is 0 Å². The normalized spacial score (nSPS) is 36.1. The number of ether oxygens (including phenoxy) is 1. The highest BCUT2D eigenvalue weighted by atomic mass is 16.5. The molecule has 4 nitrogen and oxygen atoms in total. The molecule has 0 bridgehead atoms. The summed E-state index contributed by atoms with van der Waals surface area (Å²) in [5, 5.41) is 0. The van der Waals surface area contributed by atoms with E-state index < -0.39 is 0 Å². The van der Waals surface area contributed by atoms with Crippen molar-refractivity contribution in [1.82, 2.24) is 14.7 Å². The monoisotopic (exact) mass is 331 g/mol.